The lowest BCUT2D eigenvalue weighted by Gasteiger charge is -2.27. The Morgan fingerprint density at radius 3 is 2.53 bits per heavy atom. The van der Waals surface area contributed by atoms with Gasteiger partial charge in [0.05, 0.1) is 5.69 Å². The van der Waals surface area contributed by atoms with Gasteiger partial charge >= 0.3 is 0 Å². The molecule has 1 fully saturated rings. The van der Waals surface area contributed by atoms with Gasteiger partial charge in [-0.2, -0.15) is 4.99 Å². The van der Waals surface area contributed by atoms with Crippen molar-refractivity contribution in [2.24, 2.45) is 10.7 Å². The Labute approximate surface area is 182 Å². The fourth-order valence-electron chi connectivity index (χ4n) is 3.67. The number of nitrogens with zero attached hydrogens (tertiary/aromatic N) is 3. The first-order chi connectivity index (χ1) is 14.1. The zero-order valence-corrected chi connectivity index (χ0v) is 17.7. The third kappa shape index (κ3) is 4.82. The summed E-state index contributed by atoms with van der Waals surface area (Å²) < 4.78 is 20.1. The number of piperidine rings is 1. The molecule has 0 radical (unpaired) electrons. The van der Waals surface area contributed by atoms with Crippen molar-refractivity contribution in [2.45, 2.75) is 32.1 Å². The molecule has 1 unspecified atom stereocenters. The van der Waals surface area contributed by atoms with Crippen LogP contribution in [0, 0.1) is 5.82 Å². The molecule has 0 bridgehead atoms. The molecule has 0 saturated carbocycles. The molecule has 1 saturated heterocycles. The maximum Gasteiger partial charge on any atom is 0.253 e. The number of halogens is 2. The lowest BCUT2D eigenvalue weighted by molar-refractivity contribution is 0.337. The molecule has 1 atom stereocenters. The van der Waals surface area contributed by atoms with Crippen molar-refractivity contribution in [1.82, 2.24) is 10.1 Å². The van der Waals surface area contributed by atoms with Gasteiger partial charge in [0.15, 0.2) is 5.96 Å². The van der Waals surface area contributed by atoms with Crippen molar-refractivity contribution in [2.75, 3.05) is 13.1 Å². The van der Waals surface area contributed by atoms with Gasteiger partial charge in [0, 0.05) is 30.6 Å². The fourth-order valence-corrected chi connectivity index (χ4v) is 3.67. The third-order valence-electron chi connectivity index (χ3n) is 5.44. The normalized spacial score (nSPS) is 15.5. The van der Waals surface area contributed by atoms with Crippen molar-refractivity contribution in [3.05, 3.63) is 71.7 Å². The van der Waals surface area contributed by atoms with Crippen molar-refractivity contribution in [1.29, 1.82) is 0 Å². The van der Waals surface area contributed by atoms with Crippen LogP contribution in [0.1, 0.15) is 43.4 Å². The number of aromatic nitrogens is 1. The Balaban J connectivity index is 0.00000256. The second kappa shape index (κ2) is 9.76. The Kier molecular flexibility index (Phi) is 7.11. The molecular formula is C23H26ClFN4O. The van der Waals surface area contributed by atoms with E-state index in [2.05, 4.69) is 15.0 Å². The highest BCUT2D eigenvalue weighted by Crippen LogP contribution is 2.30. The molecule has 0 aliphatic carbocycles. The number of hydrogen-bond acceptors (Lipinski definition) is 3. The lowest BCUT2D eigenvalue weighted by Crippen LogP contribution is -2.40. The van der Waals surface area contributed by atoms with Crippen LogP contribution < -0.4 is 5.73 Å². The van der Waals surface area contributed by atoms with E-state index in [0.717, 1.165) is 37.1 Å². The van der Waals surface area contributed by atoms with Gasteiger partial charge in [-0.1, -0.05) is 54.5 Å². The first-order valence-corrected chi connectivity index (χ1v) is 10.0. The molecule has 158 valence electrons. The molecule has 2 heterocycles. The zero-order valence-electron chi connectivity index (χ0n) is 16.9. The molecule has 2 N–H and O–H groups in total. The van der Waals surface area contributed by atoms with Gasteiger partial charge in [0.1, 0.15) is 5.82 Å². The Morgan fingerprint density at radius 2 is 1.83 bits per heavy atom. The van der Waals surface area contributed by atoms with Crippen LogP contribution in [0.4, 0.5) is 10.3 Å². The van der Waals surface area contributed by atoms with Crippen LogP contribution in [-0.4, -0.2) is 29.1 Å². The highest BCUT2D eigenvalue weighted by Gasteiger charge is 2.17. The van der Waals surface area contributed by atoms with Crippen LogP contribution in [0.15, 0.2) is 64.1 Å². The van der Waals surface area contributed by atoms with Crippen LogP contribution in [0.5, 0.6) is 0 Å². The molecule has 4 rings (SSSR count). The van der Waals surface area contributed by atoms with Gasteiger partial charge < -0.3 is 15.2 Å². The molecule has 1 aliphatic heterocycles. The summed E-state index contributed by atoms with van der Waals surface area (Å²) in [4.78, 5) is 6.43. The predicted octanol–water partition coefficient (Wildman–Crippen LogP) is 5.49. The van der Waals surface area contributed by atoms with Crippen molar-refractivity contribution in [3.8, 4) is 11.1 Å². The summed E-state index contributed by atoms with van der Waals surface area (Å²) in [6.45, 7) is 3.80. The largest absolute Gasteiger partial charge is 0.369 e. The second-order valence-corrected chi connectivity index (χ2v) is 7.43. The maximum atomic E-state index is 14.7. The molecule has 7 heteroatoms. The number of nitrogens with two attached hydrogens (primary N) is 1. The van der Waals surface area contributed by atoms with Gasteiger partial charge in [0.2, 0.25) is 0 Å². The summed E-state index contributed by atoms with van der Waals surface area (Å²) in [7, 11) is 0. The van der Waals surface area contributed by atoms with Crippen LogP contribution in [0.2, 0.25) is 0 Å². The fraction of sp³-hybridized carbons (Fsp3) is 0.304. The van der Waals surface area contributed by atoms with Crippen molar-refractivity contribution < 1.29 is 8.91 Å². The highest BCUT2D eigenvalue weighted by atomic mass is 35.5. The average molecular weight is 429 g/mol. The molecule has 2 aromatic carbocycles. The summed E-state index contributed by atoms with van der Waals surface area (Å²) in [5.74, 6) is 0.449. The van der Waals surface area contributed by atoms with Crippen LogP contribution in [0.3, 0.4) is 0 Å². The Bertz CT molecular complexity index is 999. The van der Waals surface area contributed by atoms with Crippen molar-refractivity contribution in [3.63, 3.8) is 0 Å². The number of likely N-dealkylation sites (tertiary alicyclic amines) is 1. The minimum Gasteiger partial charge on any atom is -0.369 e. The molecule has 3 aromatic rings. The number of benzene rings is 2. The average Bonchev–Trinajstić information content (AvgIpc) is 3.23. The van der Waals surface area contributed by atoms with E-state index in [9.17, 15) is 4.39 Å². The van der Waals surface area contributed by atoms with Gasteiger partial charge in [-0.3, -0.25) is 0 Å². The van der Waals surface area contributed by atoms with Crippen LogP contribution >= 0.6 is 12.4 Å². The number of aliphatic imine (C=N–C) groups is 1. The SMILES string of the molecule is CC(c1ccc(-c2ccccc2)c(F)c1)c1cc(/N=C(/N)N2CCCCC2)on1.Cl. The molecule has 5 nitrogen and oxygen atoms in total. The van der Waals surface area contributed by atoms with Gasteiger partial charge in [0.25, 0.3) is 5.88 Å². The lowest BCUT2D eigenvalue weighted by atomic mass is 9.95. The number of guanidine groups is 1. The summed E-state index contributed by atoms with van der Waals surface area (Å²) >= 11 is 0. The predicted molar refractivity (Wildman–Crippen MR) is 120 cm³/mol. The molecule has 1 aromatic heterocycles. The van der Waals surface area contributed by atoms with Gasteiger partial charge in [-0.25, -0.2) is 4.39 Å². The minimum absolute atomic E-state index is 0. The first kappa shape index (κ1) is 21.8. The van der Waals surface area contributed by atoms with Gasteiger partial charge in [-0.15, -0.1) is 12.4 Å². The van der Waals surface area contributed by atoms with E-state index in [4.69, 9.17) is 10.3 Å². The van der Waals surface area contributed by atoms with Crippen LogP contribution in [0.25, 0.3) is 11.1 Å². The molecular weight excluding hydrogens is 403 g/mol. The monoisotopic (exact) mass is 428 g/mol. The first-order valence-electron chi connectivity index (χ1n) is 10.0. The number of hydrogen-bond donors (Lipinski definition) is 1. The number of rotatable bonds is 4. The van der Waals surface area contributed by atoms with E-state index in [1.54, 1.807) is 12.1 Å². The maximum absolute atomic E-state index is 14.7. The molecule has 1 aliphatic rings. The van der Waals surface area contributed by atoms with E-state index in [1.807, 2.05) is 49.4 Å². The van der Waals surface area contributed by atoms with E-state index in [1.165, 1.54) is 6.42 Å². The van der Waals surface area contributed by atoms with E-state index in [0.29, 0.717) is 23.1 Å². The standard InChI is InChI=1S/C23H25FN4O.ClH/c1-16(18-10-11-19(20(24)14-18)17-8-4-2-5-9-17)21-15-22(29-27-21)26-23(25)28-12-6-3-7-13-28;/h2,4-5,8-11,14-16H,3,6-7,12-13H2,1H3,(H2,25,26);1H. The molecule has 30 heavy (non-hydrogen) atoms. The van der Waals surface area contributed by atoms with E-state index in [-0.39, 0.29) is 24.1 Å². The zero-order chi connectivity index (χ0) is 20.2. The summed E-state index contributed by atoms with van der Waals surface area (Å²) in [6, 6.07) is 16.6. The minimum atomic E-state index is -0.253. The summed E-state index contributed by atoms with van der Waals surface area (Å²) in [5, 5.41) is 4.12. The smallest absolute Gasteiger partial charge is 0.253 e. The molecule has 0 amide bonds. The summed E-state index contributed by atoms with van der Waals surface area (Å²) in [6.07, 6.45) is 3.48. The topological polar surface area (TPSA) is 67.7 Å². The Morgan fingerprint density at radius 1 is 1.10 bits per heavy atom. The highest BCUT2D eigenvalue weighted by molar-refractivity contribution is 5.85. The summed E-state index contributed by atoms with van der Waals surface area (Å²) in [5.41, 5.74) is 9.07. The Hall–Kier alpha value is -2.86. The third-order valence-corrected chi connectivity index (χ3v) is 5.44. The van der Waals surface area contributed by atoms with Crippen molar-refractivity contribution >= 4 is 24.3 Å². The van der Waals surface area contributed by atoms with Crippen LogP contribution in [-0.2, 0) is 0 Å². The van der Waals surface area contributed by atoms with E-state index < -0.39 is 0 Å². The quantitative estimate of drug-likeness (QED) is 0.441. The molecule has 0 spiro atoms. The van der Waals surface area contributed by atoms with Gasteiger partial charge in [-0.05, 0) is 36.5 Å². The van der Waals surface area contributed by atoms with E-state index >= 15 is 0 Å². The second-order valence-electron chi connectivity index (χ2n) is 7.43.